The molecule has 0 aliphatic heterocycles. The lowest BCUT2D eigenvalue weighted by atomic mass is 11.4. The standard InChI is InChI=1S/C2H3N2O4PS/c5-9(6,10)8-2-4-3-1-7-2/h1H,(H2,5,6,10). The van der Waals surface area contributed by atoms with Crippen molar-refractivity contribution in [2.24, 2.45) is 0 Å². The monoisotopic (exact) mass is 182 g/mol. The van der Waals surface area contributed by atoms with Crippen molar-refractivity contribution in [2.45, 2.75) is 0 Å². The number of hydrogen-bond donors (Lipinski definition) is 2. The van der Waals surface area contributed by atoms with E-state index in [1.165, 1.54) is 0 Å². The second-order valence-electron chi connectivity index (χ2n) is 1.29. The summed E-state index contributed by atoms with van der Waals surface area (Å²) in [5.41, 5.74) is 0. The van der Waals surface area contributed by atoms with Crippen molar-refractivity contribution in [1.29, 1.82) is 0 Å². The van der Waals surface area contributed by atoms with Crippen LogP contribution in [-0.2, 0) is 11.8 Å². The minimum Gasteiger partial charge on any atom is -0.396 e. The van der Waals surface area contributed by atoms with Gasteiger partial charge in [-0.15, -0.1) is 5.10 Å². The molecule has 0 saturated heterocycles. The van der Waals surface area contributed by atoms with E-state index in [4.69, 9.17) is 9.79 Å². The average molecular weight is 182 g/mol. The Hall–Kier alpha value is -0.490. The van der Waals surface area contributed by atoms with Crippen molar-refractivity contribution in [1.82, 2.24) is 10.2 Å². The number of aromatic nitrogens is 2. The van der Waals surface area contributed by atoms with E-state index < -0.39 is 6.72 Å². The second kappa shape index (κ2) is 2.63. The summed E-state index contributed by atoms with van der Waals surface area (Å²) < 4.78 is 8.64. The predicted octanol–water partition coefficient (Wildman–Crippen LogP) is -0.343. The van der Waals surface area contributed by atoms with E-state index in [2.05, 4.69) is 30.9 Å². The molecule has 0 unspecified atom stereocenters. The summed E-state index contributed by atoms with van der Waals surface area (Å²) in [5.74, 6) is 0. The molecule has 10 heavy (non-hydrogen) atoms. The molecule has 1 aromatic rings. The zero-order valence-electron chi connectivity index (χ0n) is 4.54. The molecule has 0 saturated carbocycles. The first-order valence-corrected chi connectivity index (χ1v) is 4.72. The molecule has 0 bridgehead atoms. The third-order valence-electron chi connectivity index (χ3n) is 0.537. The van der Waals surface area contributed by atoms with Gasteiger partial charge in [0.05, 0.1) is 0 Å². The van der Waals surface area contributed by atoms with Gasteiger partial charge in [0, 0.05) is 11.8 Å². The molecular formula is C2H3N2O4PS. The summed E-state index contributed by atoms with van der Waals surface area (Å²) in [6.45, 7) is -3.72. The minimum absolute atomic E-state index is 0.340. The van der Waals surface area contributed by atoms with E-state index in [9.17, 15) is 0 Å². The molecule has 2 N–H and O–H groups in total. The van der Waals surface area contributed by atoms with Crippen LogP contribution in [0.3, 0.4) is 0 Å². The fourth-order valence-electron chi connectivity index (χ4n) is 0.304. The topological polar surface area (TPSA) is 88.6 Å². The first-order valence-electron chi connectivity index (χ1n) is 2.09. The van der Waals surface area contributed by atoms with Crippen molar-refractivity contribution >= 4 is 18.5 Å². The van der Waals surface area contributed by atoms with Gasteiger partial charge in [0.2, 0.25) is 6.39 Å². The zero-order valence-corrected chi connectivity index (χ0v) is 6.25. The molecule has 0 aromatic carbocycles. The summed E-state index contributed by atoms with van der Waals surface area (Å²) in [6, 6.07) is 0. The van der Waals surface area contributed by atoms with Crippen LogP contribution in [0.4, 0.5) is 0 Å². The van der Waals surface area contributed by atoms with Gasteiger partial charge in [-0.05, 0) is 0 Å². The van der Waals surface area contributed by atoms with Crippen molar-refractivity contribution in [2.75, 3.05) is 0 Å². The lowest BCUT2D eigenvalue weighted by Crippen LogP contribution is -1.89. The molecular weight excluding hydrogens is 179 g/mol. The average Bonchev–Trinajstić information content (AvgIpc) is 2.12. The summed E-state index contributed by atoms with van der Waals surface area (Å²) in [5, 5.41) is 6.42. The number of hydrogen-bond acceptors (Lipinski definition) is 5. The van der Waals surface area contributed by atoms with Crippen molar-refractivity contribution in [3.05, 3.63) is 6.39 Å². The second-order valence-corrected chi connectivity index (χ2v) is 3.88. The summed E-state index contributed by atoms with van der Waals surface area (Å²) in [7, 11) is 0. The molecule has 1 aromatic heterocycles. The molecule has 0 spiro atoms. The Labute approximate surface area is 60.7 Å². The van der Waals surface area contributed by atoms with Crippen LogP contribution in [0, 0.1) is 0 Å². The minimum atomic E-state index is -3.72. The van der Waals surface area contributed by atoms with Gasteiger partial charge in [0.1, 0.15) is 0 Å². The highest BCUT2D eigenvalue weighted by Crippen LogP contribution is 2.36. The van der Waals surface area contributed by atoms with Crippen LogP contribution in [0.15, 0.2) is 10.8 Å². The van der Waals surface area contributed by atoms with E-state index in [1.54, 1.807) is 0 Å². The Kier molecular flexibility index (Phi) is 2.00. The molecule has 1 heterocycles. The maximum atomic E-state index is 8.52. The molecule has 0 aliphatic carbocycles. The van der Waals surface area contributed by atoms with Crippen molar-refractivity contribution < 1.29 is 18.7 Å². The molecule has 0 radical (unpaired) electrons. The van der Waals surface area contributed by atoms with Crippen LogP contribution in [-0.4, -0.2) is 20.0 Å². The molecule has 6 nitrogen and oxygen atoms in total. The van der Waals surface area contributed by atoms with Crippen molar-refractivity contribution in [3.8, 4) is 6.08 Å². The Balaban J connectivity index is 2.66. The van der Waals surface area contributed by atoms with Crippen molar-refractivity contribution in [3.63, 3.8) is 0 Å². The number of nitrogens with zero attached hydrogens (tertiary/aromatic N) is 2. The van der Waals surface area contributed by atoms with E-state index in [-0.39, 0.29) is 6.08 Å². The van der Waals surface area contributed by atoms with Gasteiger partial charge < -0.3 is 18.7 Å². The van der Waals surface area contributed by atoms with Gasteiger partial charge >= 0.3 is 12.8 Å². The van der Waals surface area contributed by atoms with Gasteiger partial charge in [-0.25, -0.2) is 0 Å². The summed E-state index contributed by atoms with van der Waals surface area (Å²) >= 11 is 4.11. The van der Waals surface area contributed by atoms with Crippen LogP contribution in [0.1, 0.15) is 0 Å². The highest BCUT2D eigenvalue weighted by molar-refractivity contribution is 8.06. The first-order chi connectivity index (χ1) is 4.58. The van der Waals surface area contributed by atoms with Crippen LogP contribution in [0.5, 0.6) is 6.08 Å². The molecule has 56 valence electrons. The van der Waals surface area contributed by atoms with Crippen LogP contribution in [0.25, 0.3) is 0 Å². The van der Waals surface area contributed by atoms with E-state index in [1.807, 2.05) is 0 Å². The largest absolute Gasteiger partial charge is 0.421 e. The maximum absolute atomic E-state index is 8.52. The molecule has 0 aliphatic rings. The lowest BCUT2D eigenvalue weighted by Gasteiger charge is -2.02. The zero-order chi connectivity index (χ0) is 7.61. The van der Waals surface area contributed by atoms with E-state index in [0.717, 1.165) is 6.39 Å². The van der Waals surface area contributed by atoms with E-state index >= 15 is 0 Å². The van der Waals surface area contributed by atoms with Crippen LogP contribution < -0.4 is 4.52 Å². The van der Waals surface area contributed by atoms with Gasteiger partial charge in [0.25, 0.3) is 0 Å². The molecule has 0 atom stereocenters. The SMILES string of the molecule is OP(O)(=S)Oc1nnco1. The molecule has 1 rings (SSSR count). The quantitative estimate of drug-likeness (QED) is 0.604. The van der Waals surface area contributed by atoms with Crippen LogP contribution >= 0.6 is 6.72 Å². The third-order valence-corrected chi connectivity index (χ3v) is 1.15. The first kappa shape index (κ1) is 7.62. The fourth-order valence-corrected chi connectivity index (χ4v) is 0.779. The Morgan fingerprint density at radius 1 is 1.70 bits per heavy atom. The van der Waals surface area contributed by atoms with Crippen LogP contribution in [0.2, 0.25) is 0 Å². The van der Waals surface area contributed by atoms with Gasteiger partial charge in [0.15, 0.2) is 0 Å². The third kappa shape index (κ3) is 2.40. The van der Waals surface area contributed by atoms with Gasteiger partial charge in [-0.1, -0.05) is 5.10 Å². The highest BCUT2D eigenvalue weighted by Gasteiger charge is 2.13. The fraction of sp³-hybridized carbons (Fsp3) is 0. The van der Waals surface area contributed by atoms with Gasteiger partial charge in [-0.3, -0.25) is 0 Å². The molecule has 8 heteroatoms. The summed E-state index contributed by atoms with van der Waals surface area (Å²) in [6.07, 6.45) is 0.647. The summed E-state index contributed by atoms with van der Waals surface area (Å²) in [4.78, 5) is 17.0. The normalized spacial score (nSPS) is 11.4. The Morgan fingerprint density at radius 2 is 2.40 bits per heavy atom. The number of rotatable bonds is 2. The Bertz CT molecular complexity index is 242. The molecule has 0 fully saturated rings. The predicted molar refractivity (Wildman–Crippen MR) is 33.6 cm³/mol. The van der Waals surface area contributed by atoms with E-state index in [0.29, 0.717) is 0 Å². The smallest absolute Gasteiger partial charge is 0.396 e. The highest BCUT2D eigenvalue weighted by atomic mass is 32.5. The Morgan fingerprint density at radius 3 is 2.80 bits per heavy atom. The lowest BCUT2D eigenvalue weighted by molar-refractivity contribution is 0.309. The molecule has 0 amide bonds. The van der Waals surface area contributed by atoms with Gasteiger partial charge in [-0.2, -0.15) is 0 Å². The maximum Gasteiger partial charge on any atom is 0.421 e.